The van der Waals surface area contributed by atoms with Gasteiger partial charge in [-0.3, -0.25) is 4.79 Å². The number of halogens is 1. The fourth-order valence-electron chi connectivity index (χ4n) is 3.18. The van der Waals surface area contributed by atoms with Gasteiger partial charge in [0.05, 0.1) is 0 Å². The molecule has 0 aromatic heterocycles. The van der Waals surface area contributed by atoms with E-state index in [0.29, 0.717) is 6.04 Å². The highest BCUT2D eigenvalue weighted by molar-refractivity contribution is 5.85. The van der Waals surface area contributed by atoms with Gasteiger partial charge in [-0.25, -0.2) is 0 Å². The van der Waals surface area contributed by atoms with Gasteiger partial charge < -0.3 is 10.6 Å². The van der Waals surface area contributed by atoms with E-state index in [1.165, 1.54) is 0 Å². The third-order valence-corrected chi connectivity index (χ3v) is 3.43. The Morgan fingerprint density at radius 1 is 1.26 bits per heavy atom. The second-order valence-electron chi connectivity index (χ2n) is 7.69. The molecule has 1 saturated heterocycles. The molecule has 3 nitrogen and oxygen atoms in total. The first-order valence-electron chi connectivity index (χ1n) is 7.14. The van der Waals surface area contributed by atoms with Gasteiger partial charge in [-0.1, -0.05) is 20.8 Å². The minimum Gasteiger partial charge on any atom is -0.351 e. The van der Waals surface area contributed by atoms with Crippen molar-refractivity contribution in [3.05, 3.63) is 0 Å². The van der Waals surface area contributed by atoms with Crippen LogP contribution in [0.2, 0.25) is 0 Å². The van der Waals surface area contributed by atoms with Crippen molar-refractivity contribution in [2.24, 2.45) is 11.3 Å². The van der Waals surface area contributed by atoms with Gasteiger partial charge >= 0.3 is 0 Å². The largest absolute Gasteiger partial charge is 0.351 e. The molecule has 0 radical (unpaired) electrons. The van der Waals surface area contributed by atoms with Gasteiger partial charge in [0, 0.05) is 17.5 Å². The summed E-state index contributed by atoms with van der Waals surface area (Å²) >= 11 is 0. The fourth-order valence-corrected chi connectivity index (χ4v) is 3.18. The lowest BCUT2D eigenvalue weighted by molar-refractivity contribution is -0.128. The monoisotopic (exact) mass is 290 g/mol. The van der Waals surface area contributed by atoms with Gasteiger partial charge in [-0.05, 0) is 52.0 Å². The summed E-state index contributed by atoms with van der Waals surface area (Å²) in [4.78, 5) is 12.3. The Morgan fingerprint density at radius 3 is 2.32 bits per heavy atom. The number of amides is 1. The predicted molar refractivity (Wildman–Crippen MR) is 83.7 cm³/mol. The third-order valence-electron chi connectivity index (χ3n) is 3.43. The maximum absolute atomic E-state index is 12.3. The van der Waals surface area contributed by atoms with E-state index in [1.54, 1.807) is 0 Å². The first-order chi connectivity index (χ1) is 8.09. The molecular weight excluding hydrogens is 260 g/mol. The van der Waals surface area contributed by atoms with Crippen molar-refractivity contribution in [2.75, 3.05) is 6.54 Å². The van der Waals surface area contributed by atoms with Crippen LogP contribution in [0, 0.1) is 11.3 Å². The van der Waals surface area contributed by atoms with Crippen molar-refractivity contribution in [2.45, 2.75) is 72.4 Å². The number of carbonyl (C=O) groups is 1. The van der Waals surface area contributed by atoms with E-state index in [0.717, 1.165) is 25.8 Å². The molecule has 1 heterocycles. The lowest BCUT2D eigenvalue weighted by atomic mass is 9.81. The number of hydrogen-bond acceptors (Lipinski definition) is 2. The molecule has 2 atom stereocenters. The van der Waals surface area contributed by atoms with E-state index < -0.39 is 0 Å². The van der Waals surface area contributed by atoms with Crippen LogP contribution >= 0.6 is 12.4 Å². The maximum atomic E-state index is 12.3. The van der Waals surface area contributed by atoms with Crippen molar-refractivity contribution in [3.8, 4) is 0 Å². The number of hydrogen-bond donors (Lipinski definition) is 2. The molecule has 0 saturated carbocycles. The van der Waals surface area contributed by atoms with E-state index in [1.807, 2.05) is 0 Å². The van der Waals surface area contributed by atoms with E-state index in [9.17, 15) is 4.79 Å². The summed E-state index contributed by atoms with van der Waals surface area (Å²) in [7, 11) is 0. The molecule has 1 rings (SSSR count). The van der Waals surface area contributed by atoms with Crippen LogP contribution < -0.4 is 10.6 Å². The van der Waals surface area contributed by atoms with E-state index in [-0.39, 0.29) is 35.2 Å². The topological polar surface area (TPSA) is 41.1 Å². The van der Waals surface area contributed by atoms with Crippen molar-refractivity contribution in [3.63, 3.8) is 0 Å². The zero-order chi connectivity index (χ0) is 14.0. The lowest BCUT2D eigenvalue weighted by Crippen LogP contribution is -2.50. The predicted octanol–water partition coefficient (Wildman–Crippen LogP) is 3.13. The number of carbonyl (C=O) groups excluding carboxylic acids is 1. The molecule has 19 heavy (non-hydrogen) atoms. The molecule has 1 amide bonds. The van der Waals surface area contributed by atoms with E-state index in [4.69, 9.17) is 0 Å². The molecule has 0 aromatic carbocycles. The Hall–Kier alpha value is -0.280. The van der Waals surface area contributed by atoms with E-state index >= 15 is 0 Å². The smallest absolute Gasteiger partial charge is 0.223 e. The van der Waals surface area contributed by atoms with Crippen LogP contribution in [0.4, 0.5) is 0 Å². The Kier molecular flexibility index (Phi) is 6.84. The number of rotatable bonds is 3. The van der Waals surface area contributed by atoms with Crippen LogP contribution in [0.25, 0.3) is 0 Å². The van der Waals surface area contributed by atoms with Crippen LogP contribution in [-0.4, -0.2) is 24.0 Å². The van der Waals surface area contributed by atoms with Gasteiger partial charge in [0.1, 0.15) is 0 Å². The van der Waals surface area contributed by atoms with Crippen LogP contribution in [0.3, 0.4) is 0 Å². The highest BCUT2D eigenvalue weighted by Crippen LogP contribution is 2.27. The van der Waals surface area contributed by atoms with Crippen LogP contribution in [0.15, 0.2) is 0 Å². The summed E-state index contributed by atoms with van der Waals surface area (Å²) in [5, 5.41) is 6.62. The average Bonchev–Trinajstić information content (AvgIpc) is 2.12. The molecule has 1 aliphatic heterocycles. The normalized spacial score (nSPS) is 24.5. The van der Waals surface area contributed by atoms with Crippen molar-refractivity contribution >= 4 is 18.3 Å². The lowest BCUT2D eigenvalue weighted by Gasteiger charge is -2.36. The second-order valence-corrected chi connectivity index (χ2v) is 7.69. The first kappa shape index (κ1) is 18.7. The van der Waals surface area contributed by atoms with Gasteiger partial charge in [0.25, 0.3) is 0 Å². The highest BCUT2D eigenvalue weighted by Gasteiger charge is 2.31. The van der Waals surface area contributed by atoms with Crippen molar-refractivity contribution in [1.29, 1.82) is 0 Å². The van der Waals surface area contributed by atoms with Crippen LogP contribution in [0.5, 0.6) is 0 Å². The Balaban J connectivity index is 0.00000324. The van der Waals surface area contributed by atoms with Crippen molar-refractivity contribution in [1.82, 2.24) is 10.6 Å². The van der Waals surface area contributed by atoms with E-state index in [2.05, 4.69) is 52.2 Å². The molecule has 0 aromatic rings. The molecule has 0 unspecified atom stereocenters. The second kappa shape index (κ2) is 6.94. The molecule has 114 valence electrons. The zero-order valence-corrected chi connectivity index (χ0v) is 14.1. The molecule has 1 aliphatic rings. The maximum Gasteiger partial charge on any atom is 0.223 e. The quantitative estimate of drug-likeness (QED) is 0.838. The Labute approximate surface area is 124 Å². The summed E-state index contributed by atoms with van der Waals surface area (Å²) in [5.74, 6) is 0.415. The fraction of sp³-hybridized carbons (Fsp3) is 0.933. The Bertz CT molecular complexity index is 297. The summed E-state index contributed by atoms with van der Waals surface area (Å²) in [6.07, 6.45) is 2.91. The molecular formula is C15H31ClN2O. The van der Waals surface area contributed by atoms with Crippen LogP contribution in [-0.2, 0) is 4.79 Å². The van der Waals surface area contributed by atoms with Crippen LogP contribution in [0.1, 0.15) is 60.8 Å². The summed E-state index contributed by atoms with van der Waals surface area (Å²) in [6.45, 7) is 14.0. The molecule has 0 bridgehead atoms. The Morgan fingerprint density at radius 2 is 1.84 bits per heavy atom. The standard InChI is InChI=1S/C15H30N2O.ClH/c1-11-9-12(7-8-16-11)13(18)17-15(5,6)10-14(2,3)4;/h11-12,16H,7-10H2,1-6H3,(H,17,18);1H/t11-,12-;/m0./s1. The number of piperidine rings is 1. The van der Waals surface area contributed by atoms with Gasteiger partial charge in [0.2, 0.25) is 5.91 Å². The summed E-state index contributed by atoms with van der Waals surface area (Å²) < 4.78 is 0. The summed E-state index contributed by atoms with van der Waals surface area (Å²) in [5.41, 5.74) is 0.113. The third kappa shape index (κ3) is 7.17. The van der Waals surface area contributed by atoms with Gasteiger partial charge in [-0.2, -0.15) is 0 Å². The molecule has 0 aliphatic carbocycles. The van der Waals surface area contributed by atoms with Crippen molar-refractivity contribution < 1.29 is 4.79 Å². The SMILES string of the molecule is C[C@H]1C[C@@H](C(=O)NC(C)(C)CC(C)(C)C)CCN1.Cl. The average molecular weight is 291 g/mol. The molecule has 4 heteroatoms. The van der Waals surface area contributed by atoms with Gasteiger partial charge in [-0.15, -0.1) is 12.4 Å². The molecule has 0 spiro atoms. The first-order valence-corrected chi connectivity index (χ1v) is 7.14. The number of nitrogens with one attached hydrogen (secondary N) is 2. The minimum absolute atomic E-state index is 0. The molecule has 2 N–H and O–H groups in total. The van der Waals surface area contributed by atoms with Gasteiger partial charge in [0.15, 0.2) is 0 Å². The minimum atomic E-state index is -0.122. The summed E-state index contributed by atoms with van der Waals surface area (Å²) in [6, 6.07) is 0.459. The zero-order valence-electron chi connectivity index (χ0n) is 13.3. The molecule has 1 fully saturated rings. The highest BCUT2D eigenvalue weighted by atomic mass is 35.5.